The van der Waals surface area contributed by atoms with Crippen LogP contribution in [0.15, 0.2) is 30.5 Å². The number of hydrogen-bond donors (Lipinski definition) is 1. The van der Waals surface area contributed by atoms with E-state index >= 15 is 0 Å². The number of carbonyl (C=O) groups excluding carboxylic acids is 1. The number of aromatic nitrogens is 1. The fourth-order valence-electron chi connectivity index (χ4n) is 2.05. The van der Waals surface area contributed by atoms with Crippen LogP contribution in [0.1, 0.15) is 6.92 Å². The van der Waals surface area contributed by atoms with Crippen molar-refractivity contribution in [1.82, 2.24) is 9.89 Å². The van der Waals surface area contributed by atoms with Crippen molar-refractivity contribution in [2.24, 2.45) is 0 Å². The molecule has 0 aliphatic carbocycles. The number of pyridine rings is 1. The first-order chi connectivity index (χ1) is 10.8. The second-order valence-electron chi connectivity index (χ2n) is 4.49. The normalized spacial score (nSPS) is 10.3. The molecule has 9 heteroatoms. The molecule has 122 valence electrons. The van der Waals surface area contributed by atoms with Crippen molar-refractivity contribution in [1.29, 1.82) is 0 Å². The second kappa shape index (κ2) is 6.34. The van der Waals surface area contributed by atoms with Crippen LogP contribution >= 0.6 is 0 Å². The maximum absolute atomic E-state index is 13.8. The van der Waals surface area contributed by atoms with E-state index in [-0.39, 0.29) is 16.9 Å². The van der Waals surface area contributed by atoms with Crippen molar-refractivity contribution in [3.05, 3.63) is 57.9 Å². The number of rotatable bonds is 3. The topological polar surface area (TPSA) is 94.5 Å². The summed E-state index contributed by atoms with van der Waals surface area (Å²) in [7, 11) is 1.11. The lowest BCUT2D eigenvalue weighted by atomic mass is 10.2. The maximum atomic E-state index is 13.8. The minimum atomic E-state index is -1.00. The van der Waals surface area contributed by atoms with Crippen LogP contribution in [0.2, 0.25) is 0 Å². The number of halogens is 2. The van der Waals surface area contributed by atoms with Crippen molar-refractivity contribution < 1.29 is 18.3 Å². The monoisotopic (exact) mass is 324 g/mol. The van der Waals surface area contributed by atoms with Gasteiger partial charge in [-0.2, -0.15) is 4.90 Å². The summed E-state index contributed by atoms with van der Waals surface area (Å²) in [6, 6.07) is 4.07. The molecule has 1 aromatic carbocycles. The first-order valence-electron chi connectivity index (χ1n) is 6.35. The number of aromatic amines is 1. The Morgan fingerprint density at radius 2 is 1.87 bits per heavy atom. The van der Waals surface area contributed by atoms with E-state index in [1.807, 2.05) is 0 Å². The summed E-state index contributed by atoms with van der Waals surface area (Å²) in [5.74, 6) is -3.18. The molecular weight excluding hydrogens is 312 g/mol. The molecule has 1 N–H and O–H groups in total. The highest BCUT2D eigenvalue weighted by Crippen LogP contribution is 2.30. The second-order valence-corrected chi connectivity index (χ2v) is 4.49. The van der Waals surface area contributed by atoms with Crippen LogP contribution in [0.4, 0.5) is 20.3 Å². The SMILES string of the molecule is COc1c(F)cc(N(C(C)=O)c2cc(=[N+]([O-])[O-])cc[nH]2)cc1F. The van der Waals surface area contributed by atoms with Crippen LogP contribution in [0, 0.1) is 22.0 Å². The Labute approximate surface area is 129 Å². The van der Waals surface area contributed by atoms with Crippen molar-refractivity contribution in [2.45, 2.75) is 6.92 Å². The number of hydrogen-bond acceptors (Lipinski definition) is 4. The molecule has 0 aliphatic rings. The van der Waals surface area contributed by atoms with E-state index in [2.05, 4.69) is 9.72 Å². The summed E-state index contributed by atoms with van der Waals surface area (Å²) in [6.07, 6.45) is 1.25. The summed E-state index contributed by atoms with van der Waals surface area (Å²) in [5.41, 5.74) is -0.134. The molecule has 2 aromatic rings. The molecule has 2 rings (SSSR count). The van der Waals surface area contributed by atoms with Gasteiger partial charge in [0.2, 0.25) is 11.3 Å². The molecule has 0 unspecified atom stereocenters. The molecule has 0 atom stereocenters. The summed E-state index contributed by atoms with van der Waals surface area (Å²) >= 11 is 0. The van der Waals surface area contributed by atoms with Gasteiger partial charge in [-0.1, -0.05) is 0 Å². The fraction of sp³-hybridized carbons (Fsp3) is 0.143. The van der Waals surface area contributed by atoms with Crippen molar-refractivity contribution >= 4 is 17.4 Å². The number of nitrogens with zero attached hydrogens (tertiary/aromatic N) is 2. The van der Waals surface area contributed by atoms with E-state index in [0.717, 1.165) is 37.1 Å². The Morgan fingerprint density at radius 3 is 2.35 bits per heavy atom. The van der Waals surface area contributed by atoms with Gasteiger partial charge in [0, 0.05) is 31.3 Å². The van der Waals surface area contributed by atoms with E-state index in [1.165, 1.54) is 12.3 Å². The predicted molar refractivity (Wildman–Crippen MR) is 78.5 cm³/mol. The average molecular weight is 324 g/mol. The summed E-state index contributed by atoms with van der Waals surface area (Å²) < 4.78 is 32.3. The molecule has 0 saturated heterocycles. The zero-order valence-corrected chi connectivity index (χ0v) is 12.2. The number of nitrogens with one attached hydrogen (secondary N) is 1. The zero-order valence-electron chi connectivity index (χ0n) is 12.2. The predicted octanol–water partition coefficient (Wildman–Crippen LogP) is 1.75. The summed E-state index contributed by atoms with van der Waals surface area (Å²) in [6.45, 7) is 1.16. The molecule has 0 saturated carbocycles. The lowest BCUT2D eigenvalue weighted by molar-refractivity contribution is -0.115. The van der Waals surface area contributed by atoms with Crippen LogP contribution in [-0.2, 0) is 4.79 Å². The standard InChI is InChI=1S/C14H12F2N3O4/c1-8(20)18(13-7-9(19(21)22)3-4-17-13)10-5-11(15)14(23-2)12(16)6-10/h3-7,17H,1-2H3/q-1. The highest BCUT2D eigenvalue weighted by atomic mass is 19.1. The molecule has 1 amide bonds. The zero-order chi connectivity index (χ0) is 17.1. The fourth-order valence-corrected chi connectivity index (χ4v) is 2.05. The number of carbonyl (C=O) groups is 1. The summed E-state index contributed by atoms with van der Waals surface area (Å²) in [4.78, 5) is 14.8. The van der Waals surface area contributed by atoms with Gasteiger partial charge in [0.15, 0.2) is 17.4 Å². The molecule has 0 fully saturated rings. The first kappa shape index (κ1) is 16.3. The summed E-state index contributed by atoms with van der Waals surface area (Å²) in [5, 5.41) is 21.4. The van der Waals surface area contributed by atoms with Crippen molar-refractivity contribution in [2.75, 3.05) is 12.0 Å². The van der Waals surface area contributed by atoms with Crippen LogP contribution in [-0.4, -0.2) is 18.0 Å². The molecule has 0 radical (unpaired) electrons. The van der Waals surface area contributed by atoms with Gasteiger partial charge < -0.3 is 20.1 Å². The number of methoxy groups -OCH3 is 1. The van der Waals surface area contributed by atoms with Crippen LogP contribution < -0.4 is 19.9 Å². The Morgan fingerprint density at radius 1 is 1.26 bits per heavy atom. The number of benzene rings is 1. The minimum Gasteiger partial charge on any atom is -0.612 e. The highest BCUT2D eigenvalue weighted by molar-refractivity contribution is 5.98. The molecule has 0 aliphatic heterocycles. The first-order valence-corrected chi connectivity index (χ1v) is 6.35. The third-order valence-corrected chi connectivity index (χ3v) is 2.98. The van der Waals surface area contributed by atoms with Gasteiger partial charge in [0.25, 0.3) is 0 Å². The minimum absolute atomic E-state index is 0.00401. The van der Waals surface area contributed by atoms with Gasteiger partial charge in [-0.05, 0) is 0 Å². The lowest BCUT2D eigenvalue weighted by Crippen LogP contribution is -2.27. The molecule has 7 nitrogen and oxygen atoms in total. The smallest absolute Gasteiger partial charge is 0.229 e. The van der Waals surface area contributed by atoms with E-state index in [4.69, 9.17) is 0 Å². The number of amides is 1. The van der Waals surface area contributed by atoms with Crippen LogP contribution in [0.25, 0.3) is 0 Å². The van der Waals surface area contributed by atoms with E-state index in [9.17, 15) is 24.0 Å². The lowest BCUT2D eigenvalue weighted by Gasteiger charge is -2.21. The molecule has 1 heterocycles. The van der Waals surface area contributed by atoms with Crippen LogP contribution in [0.5, 0.6) is 5.75 Å². The van der Waals surface area contributed by atoms with Gasteiger partial charge in [-0.15, -0.1) is 0 Å². The molecule has 0 spiro atoms. The highest BCUT2D eigenvalue weighted by Gasteiger charge is 2.20. The van der Waals surface area contributed by atoms with Gasteiger partial charge >= 0.3 is 0 Å². The van der Waals surface area contributed by atoms with E-state index in [0.29, 0.717) is 0 Å². The van der Waals surface area contributed by atoms with Crippen molar-refractivity contribution in [3.63, 3.8) is 0 Å². The van der Waals surface area contributed by atoms with Crippen molar-refractivity contribution in [3.8, 4) is 5.75 Å². The van der Waals surface area contributed by atoms with Gasteiger partial charge in [0.05, 0.1) is 18.9 Å². The van der Waals surface area contributed by atoms with E-state index in [1.54, 1.807) is 0 Å². The Bertz CT molecular complexity index is 793. The number of H-pyrrole nitrogens is 1. The Kier molecular flexibility index (Phi) is 4.49. The largest absolute Gasteiger partial charge is 0.612 e. The third-order valence-electron chi connectivity index (χ3n) is 2.98. The maximum Gasteiger partial charge on any atom is 0.229 e. The molecule has 0 bridgehead atoms. The van der Waals surface area contributed by atoms with Gasteiger partial charge in [0.1, 0.15) is 5.82 Å². The Balaban J connectivity index is 2.63. The molecular formula is C14H12F2N3O4-. The average Bonchev–Trinajstić information content (AvgIpc) is 2.47. The molecule has 1 aromatic heterocycles. The Hall–Kier alpha value is -3.10. The molecule has 23 heavy (non-hydrogen) atoms. The quantitative estimate of drug-likeness (QED) is 0.870. The third kappa shape index (κ3) is 3.23. The van der Waals surface area contributed by atoms with Gasteiger partial charge in [-0.25, -0.2) is 8.78 Å². The number of anilines is 2. The van der Waals surface area contributed by atoms with Gasteiger partial charge in [-0.3, -0.25) is 9.69 Å². The van der Waals surface area contributed by atoms with E-state index < -0.39 is 28.2 Å². The number of ether oxygens (including phenoxy) is 1. The van der Waals surface area contributed by atoms with Crippen LogP contribution in [0.3, 0.4) is 0 Å².